The zero-order chi connectivity index (χ0) is 15.4. The fraction of sp³-hybridized carbons (Fsp3) is 0.385. The molecule has 0 saturated heterocycles. The molecule has 0 aliphatic carbocycles. The van der Waals surface area contributed by atoms with E-state index in [0.29, 0.717) is 10.2 Å². The Hall–Kier alpha value is -2.22. The standard InChI is InChI=1S/C13H15N3O4S/c1-8(4-11(18)19)5-14-10(17)6-16-7-15-12-9(13(16)20)2-3-21-12/h2-3,7-8H,4-6H2,1H3,(H,14,17)(H,18,19). The van der Waals surface area contributed by atoms with Crippen LogP contribution in [0, 0.1) is 5.92 Å². The second-order valence-corrected chi connectivity index (χ2v) is 5.72. The molecule has 2 heterocycles. The fourth-order valence-electron chi connectivity index (χ4n) is 1.87. The van der Waals surface area contributed by atoms with Crippen LogP contribution in [0.4, 0.5) is 0 Å². The van der Waals surface area contributed by atoms with Crippen molar-refractivity contribution in [1.29, 1.82) is 0 Å². The number of aliphatic carboxylic acids is 1. The zero-order valence-electron chi connectivity index (χ0n) is 11.4. The first kappa shape index (κ1) is 15.2. The molecule has 1 unspecified atom stereocenters. The molecule has 0 fully saturated rings. The zero-order valence-corrected chi connectivity index (χ0v) is 12.2. The van der Waals surface area contributed by atoms with Gasteiger partial charge in [-0.2, -0.15) is 0 Å². The van der Waals surface area contributed by atoms with Crippen molar-refractivity contribution in [3.63, 3.8) is 0 Å². The van der Waals surface area contributed by atoms with Gasteiger partial charge in [-0.25, -0.2) is 4.98 Å². The molecule has 21 heavy (non-hydrogen) atoms. The van der Waals surface area contributed by atoms with Gasteiger partial charge in [0.25, 0.3) is 5.56 Å². The largest absolute Gasteiger partial charge is 0.481 e. The number of rotatable bonds is 6. The van der Waals surface area contributed by atoms with E-state index in [1.54, 1.807) is 18.4 Å². The SMILES string of the molecule is CC(CNC(=O)Cn1cnc2sccc2c1=O)CC(=O)O. The minimum Gasteiger partial charge on any atom is -0.481 e. The van der Waals surface area contributed by atoms with Crippen molar-refractivity contribution in [3.05, 3.63) is 28.1 Å². The summed E-state index contributed by atoms with van der Waals surface area (Å²) < 4.78 is 1.24. The van der Waals surface area contributed by atoms with Crippen LogP contribution in [0.15, 0.2) is 22.6 Å². The predicted molar refractivity (Wildman–Crippen MR) is 78.3 cm³/mol. The van der Waals surface area contributed by atoms with Gasteiger partial charge >= 0.3 is 5.97 Å². The molecule has 7 nitrogen and oxygen atoms in total. The summed E-state index contributed by atoms with van der Waals surface area (Å²) in [6.07, 6.45) is 1.34. The third kappa shape index (κ3) is 3.88. The third-order valence-corrected chi connectivity index (χ3v) is 3.76. The van der Waals surface area contributed by atoms with Crippen molar-refractivity contribution in [2.45, 2.75) is 19.9 Å². The number of nitrogens with zero attached hydrogens (tertiary/aromatic N) is 2. The first-order chi connectivity index (χ1) is 9.97. The molecule has 2 aromatic rings. The van der Waals surface area contributed by atoms with Gasteiger partial charge in [0.2, 0.25) is 5.91 Å². The van der Waals surface area contributed by atoms with Crippen LogP contribution in [0.25, 0.3) is 10.2 Å². The molecule has 0 spiro atoms. The highest BCUT2D eigenvalue weighted by atomic mass is 32.1. The maximum atomic E-state index is 12.1. The maximum Gasteiger partial charge on any atom is 0.303 e. The second-order valence-electron chi connectivity index (χ2n) is 4.82. The molecule has 112 valence electrons. The van der Waals surface area contributed by atoms with E-state index in [4.69, 9.17) is 5.11 Å². The number of carboxylic acids is 1. The molecular weight excluding hydrogens is 294 g/mol. The van der Waals surface area contributed by atoms with Crippen LogP contribution in [0.3, 0.4) is 0 Å². The lowest BCUT2D eigenvalue weighted by molar-refractivity contribution is -0.138. The Bertz CT molecular complexity index is 722. The number of thiophene rings is 1. The Morgan fingerprint density at radius 1 is 1.52 bits per heavy atom. The molecule has 0 saturated carbocycles. The number of carbonyl (C=O) groups is 2. The van der Waals surface area contributed by atoms with Crippen LogP contribution in [0.1, 0.15) is 13.3 Å². The maximum absolute atomic E-state index is 12.1. The molecule has 0 aliphatic heterocycles. The third-order valence-electron chi connectivity index (χ3n) is 2.94. The van der Waals surface area contributed by atoms with Gasteiger partial charge in [0.05, 0.1) is 11.7 Å². The molecule has 0 aromatic carbocycles. The van der Waals surface area contributed by atoms with Gasteiger partial charge in [-0.05, 0) is 17.4 Å². The van der Waals surface area contributed by atoms with E-state index in [1.165, 1.54) is 22.2 Å². The number of aromatic nitrogens is 2. The van der Waals surface area contributed by atoms with Crippen LogP contribution < -0.4 is 10.9 Å². The van der Waals surface area contributed by atoms with Crippen molar-refractivity contribution in [3.8, 4) is 0 Å². The number of amides is 1. The topological polar surface area (TPSA) is 101 Å². The Balaban J connectivity index is 1.97. The molecule has 1 atom stereocenters. The Labute approximate surface area is 124 Å². The summed E-state index contributed by atoms with van der Waals surface area (Å²) in [4.78, 5) is 39.1. The van der Waals surface area contributed by atoms with Crippen molar-refractivity contribution in [2.24, 2.45) is 5.92 Å². The summed E-state index contributed by atoms with van der Waals surface area (Å²) in [6, 6.07) is 1.68. The second kappa shape index (κ2) is 6.49. The minimum atomic E-state index is -0.903. The average molecular weight is 309 g/mol. The number of hydrogen-bond donors (Lipinski definition) is 2. The lowest BCUT2D eigenvalue weighted by Crippen LogP contribution is -2.35. The van der Waals surface area contributed by atoms with E-state index < -0.39 is 5.97 Å². The number of hydrogen-bond acceptors (Lipinski definition) is 5. The van der Waals surface area contributed by atoms with Gasteiger partial charge in [-0.15, -0.1) is 11.3 Å². The summed E-state index contributed by atoms with van der Waals surface area (Å²) in [5.74, 6) is -1.41. The van der Waals surface area contributed by atoms with Crippen molar-refractivity contribution in [2.75, 3.05) is 6.54 Å². The van der Waals surface area contributed by atoms with Crippen molar-refractivity contribution >= 4 is 33.4 Å². The monoisotopic (exact) mass is 309 g/mol. The molecule has 2 N–H and O–H groups in total. The summed E-state index contributed by atoms with van der Waals surface area (Å²) in [5, 5.41) is 13.5. The number of carbonyl (C=O) groups excluding carboxylic acids is 1. The van der Waals surface area contributed by atoms with E-state index in [9.17, 15) is 14.4 Å². The van der Waals surface area contributed by atoms with E-state index in [0.717, 1.165) is 0 Å². The van der Waals surface area contributed by atoms with Gasteiger partial charge in [-0.3, -0.25) is 19.0 Å². The highest BCUT2D eigenvalue weighted by Crippen LogP contribution is 2.13. The minimum absolute atomic E-state index is 0.0113. The van der Waals surface area contributed by atoms with E-state index in [-0.39, 0.29) is 36.9 Å². The molecule has 0 radical (unpaired) electrons. The van der Waals surface area contributed by atoms with Crippen LogP contribution in [-0.4, -0.2) is 33.1 Å². The fourth-order valence-corrected chi connectivity index (χ4v) is 2.60. The molecule has 1 amide bonds. The number of nitrogens with one attached hydrogen (secondary N) is 1. The number of fused-ring (bicyclic) bond motifs is 1. The van der Waals surface area contributed by atoms with Crippen LogP contribution in [0.5, 0.6) is 0 Å². The molecule has 0 bridgehead atoms. The molecule has 2 rings (SSSR count). The first-order valence-electron chi connectivity index (χ1n) is 6.38. The average Bonchev–Trinajstić information content (AvgIpc) is 2.88. The summed E-state index contributed by atoms with van der Waals surface area (Å²) in [5.41, 5.74) is -0.255. The van der Waals surface area contributed by atoms with Crippen LogP contribution in [-0.2, 0) is 16.1 Å². The van der Waals surface area contributed by atoms with Crippen LogP contribution >= 0.6 is 11.3 Å². The van der Waals surface area contributed by atoms with Gasteiger partial charge in [0, 0.05) is 13.0 Å². The lowest BCUT2D eigenvalue weighted by atomic mass is 10.1. The van der Waals surface area contributed by atoms with Gasteiger partial charge in [0.1, 0.15) is 11.4 Å². The van der Waals surface area contributed by atoms with Gasteiger partial charge in [-0.1, -0.05) is 6.92 Å². The number of carboxylic acid groups (broad SMARTS) is 1. The Morgan fingerprint density at radius 2 is 2.29 bits per heavy atom. The predicted octanol–water partition coefficient (Wildman–Crippen LogP) is 0.685. The van der Waals surface area contributed by atoms with E-state index >= 15 is 0 Å². The van der Waals surface area contributed by atoms with Crippen molar-refractivity contribution in [1.82, 2.24) is 14.9 Å². The van der Waals surface area contributed by atoms with Gasteiger partial charge in [0.15, 0.2) is 0 Å². The molecule has 8 heteroatoms. The Morgan fingerprint density at radius 3 is 3.00 bits per heavy atom. The molecule has 2 aromatic heterocycles. The van der Waals surface area contributed by atoms with E-state index in [1.807, 2.05) is 0 Å². The van der Waals surface area contributed by atoms with Gasteiger partial charge < -0.3 is 10.4 Å². The first-order valence-corrected chi connectivity index (χ1v) is 7.26. The summed E-state index contributed by atoms with van der Waals surface area (Å²) in [7, 11) is 0. The highest BCUT2D eigenvalue weighted by Gasteiger charge is 2.11. The quantitative estimate of drug-likeness (QED) is 0.817. The van der Waals surface area contributed by atoms with Crippen molar-refractivity contribution < 1.29 is 14.7 Å². The lowest BCUT2D eigenvalue weighted by Gasteiger charge is -2.11. The highest BCUT2D eigenvalue weighted by molar-refractivity contribution is 7.16. The molecule has 0 aliphatic rings. The van der Waals surface area contributed by atoms with E-state index in [2.05, 4.69) is 10.3 Å². The molecular formula is C13H15N3O4S. The summed E-state index contributed by atoms with van der Waals surface area (Å²) >= 11 is 1.37. The smallest absolute Gasteiger partial charge is 0.303 e. The van der Waals surface area contributed by atoms with Crippen LogP contribution in [0.2, 0.25) is 0 Å². The summed E-state index contributed by atoms with van der Waals surface area (Å²) in [6.45, 7) is 1.87. The Kier molecular flexibility index (Phi) is 4.69. The normalized spacial score (nSPS) is 12.2.